The van der Waals surface area contributed by atoms with E-state index in [9.17, 15) is 4.79 Å². The average molecular weight is 262 g/mol. The third-order valence-electron chi connectivity index (χ3n) is 4.96. The van der Waals surface area contributed by atoms with E-state index in [-0.39, 0.29) is 22.5 Å². The minimum Gasteiger partial charge on any atom is -0.497 e. The first-order valence-electron chi connectivity index (χ1n) is 6.53. The van der Waals surface area contributed by atoms with Gasteiger partial charge in [0.15, 0.2) is 5.78 Å². The highest BCUT2D eigenvalue weighted by atomic mass is 16.5. The fourth-order valence-corrected chi connectivity index (χ4v) is 3.01. The van der Waals surface area contributed by atoms with Crippen molar-refractivity contribution in [3.05, 3.63) is 23.8 Å². The van der Waals surface area contributed by atoms with Gasteiger partial charge in [-0.25, -0.2) is 0 Å². The number of benzene rings is 1. The lowest BCUT2D eigenvalue weighted by Crippen LogP contribution is -2.09. The van der Waals surface area contributed by atoms with Gasteiger partial charge in [0.25, 0.3) is 0 Å². The van der Waals surface area contributed by atoms with E-state index in [2.05, 4.69) is 27.7 Å². The number of carbonyl (C=O) groups is 1. The molecule has 3 heteroatoms. The number of carbonyl (C=O) groups excluding carboxylic acids is 1. The first kappa shape index (κ1) is 13.9. The van der Waals surface area contributed by atoms with Crippen molar-refractivity contribution in [2.75, 3.05) is 14.2 Å². The summed E-state index contributed by atoms with van der Waals surface area (Å²) >= 11 is 0. The van der Waals surface area contributed by atoms with E-state index >= 15 is 0 Å². The molecule has 0 heterocycles. The molecule has 19 heavy (non-hydrogen) atoms. The summed E-state index contributed by atoms with van der Waals surface area (Å²) in [7, 11) is 3.18. The SMILES string of the molecule is COc1ccc(C(=O)C2C(C)(C)C2(C)C)c(OC)c1. The largest absolute Gasteiger partial charge is 0.497 e. The normalized spacial score (nSPS) is 19.9. The zero-order valence-electron chi connectivity index (χ0n) is 12.5. The van der Waals surface area contributed by atoms with Crippen molar-refractivity contribution < 1.29 is 14.3 Å². The molecule has 1 aliphatic carbocycles. The van der Waals surface area contributed by atoms with Crippen molar-refractivity contribution in [1.29, 1.82) is 0 Å². The second kappa shape index (κ2) is 4.26. The summed E-state index contributed by atoms with van der Waals surface area (Å²) in [6.45, 7) is 8.58. The Morgan fingerprint density at radius 2 is 1.63 bits per heavy atom. The van der Waals surface area contributed by atoms with Crippen LogP contribution in [0.2, 0.25) is 0 Å². The first-order valence-corrected chi connectivity index (χ1v) is 6.53. The van der Waals surface area contributed by atoms with Crippen LogP contribution in [0.3, 0.4) is 0 Å². The highest BCUT2D eigenvalue weighted by molar-refractivity contribution is 6.03. The molecule has 0 aromatic heterocycles. The molecule has 0 aliphatic heterocycles. The topological polar surface area (TPSA) is 35.5 Å². The quantitative estimate of drug-likeness (QED) is 0.778. The van der Waals surface area contributed by atoms with Crippen LogP contribution in [0.15, 0.2) is 18.2 Å². The molecular formula is C16H22O3. The van der Waals surface area contributed by atoms with E-state index in [1.165, 1.54) is 0 Å². The van der Waals surface area contributed by atoms with Crippen molar-refractivity contribution in [3.63, 3.8) is 0 Å². The van der Waals surface area contributed by atoms with Gasteiger partial charge in [-0.1, -0.05) is 27.7 Å². The van der Waals surface area contributed by atoms with Crippen molar-refractivity contribution in [2.45, 2.75) is 27.7 Å². The van der Waals surface area contributed by atoms with Crippen LogP contribution in [0.25, 0.3) is 0 Å². The van der Waals surface area contributed by atoms with Gasteiger partial charge >= 0.3 is 0 Å². The number of Topliss-reactive ketones (excluding diaryl/α,β-unsaturated/α-hetero) is 1. The maximum Gasteiger partial charge on any atom is 0.170 e. The molecule has 1 aliphatic rings. The Bertz CT molecular complexity index is 501. The van der Waals surface area contributed by atoms with Crippen LogP contribution in [-0.4, -0.2) is 20.0 Å². The number of ketones is 1. The Kier molecular flexibility index (Phi) is 3.12. The molecule has 0 spiro atoms. The lowest BCUT2D eigenvalue weighted by Gasteiger charge is -2.10. The summed E-state index contributed by atoms with van der Waals surface area (Å²) in [5.74, 6) is 1.49. The Hall–Kier alpha value is -1.51. The second-order valence-electron chi connectivity index (χ2n) is 6.31. The summed E-state index contributed by atoms with van der Waals surface area (Å²) in [5, 5.41) is 0. The van der Waals surface area contributed by atoms with E-state index in [0.29, 0.717) is 17.1 Å². The van der Waals surface area contributed by atoms with Crippen LogP contribution in [-0.2, 0) is 0 Å². The zero-order valence-corrected chi connectivity index (χ0v) is 12.5. The molecule has 0 amide bonds. The molecule has 1 aromatic carbocycles. The maximum atomic E-state index is 12.7. The molecule has 2 rings (SSSR count). The summed E-state index contributed by atoms with van der Waals surface area (Å²) in [6.07, 6.45) is 0. The monoisotopic (exact) mass is 262 g/mol. The second-order valence-corrected chi connectivity index (χ2v) is 6.31. The Morgan fingerprint density at radius 3 is 2.05 bits per heavy atom. The summed E-state index contributed by atoms with van der Waals surface area (Å²) < 4.78 is 10.5. The summed E-state index contributed by atoms with van der Waals surface area (Å²) in [6, 6.07) is 5.36. The van der Waals surface area contributed by atoms with Gasteiger partial charge in [0.2, 0.25) is 0 Å². The molecule has 0 N–H and O–H groups in total. The molecule has 1 fully saturated rings. The molecule has 0 bridgehead atoms. The van der Waals surface area contributed by atoms with Crippen LogP contribution < -0.4 is 9.47 Å². The van der Waals surface area contributed by atoms with E-state index < -0.39 is 0 Å². The predicted octanol–water partition coefficient (Wildman–Crippen LogP) is 3.57. The fourth-order valence-electron chi connectivity index (χ4n) is 3.01. The summed E-state index contributed by atoms with van der Waals surface area (Å²) in [5.41, 5.74) is 0.719. The maximum absolute atomic E-state index is 12.7. The number of hydrogen-bond donors (Lipinski definition) is 0. The number of methoxy groups -OCH3 is 2. The molecule has 3 nitrogen and oxygen atoms in total. The molecule has 0 saturated heterocycles. The summed E-state index contributed by atoms with van der Waals surface area (Å²) in [4.78, 5) is 12.7. The van der Waals surface area contributed by atoms with E-state index in [0.717, 1.165) is 0 Å². The molecule has 0 unspecified atom stereocenters. The molecule has 104 valence electrons. The van der Waals surface area contributed by atoms with Crippen molar-refractivity contribution in [1.82, 2.24) is 0 Å². The average Bonchev–Trinajstić information content (AvgIpc) is 2.78. The lowest BCUT2D eigenvalue weighted by atomic mass is 10.0. The Morgan fingerprint density at radius 1 is 1.05 bits per heavy atom. The smallest absolute Gasteiger partial charge is 0.170 e. The highest BCUT2D eigenvalue weighted by Gasteiger charge is 2.68. The number of rotatable bonds is 4. The fraction of sp³-hybridized carbons (Fsp3) is 0.562. The number of hydrogen-bond acceptors (Lipinski definition) is 3. The van der Waals surface area contributed by atoms with Crippen LogP contribution in [0.5, 0.6) is 11.5 Å². The van der Waals surface area contributed by atoms with Gasteiger partial charge in [-0.3, -0.25) is 4.79 Å². The van der Waals surface area contributed by atoms with Crippen LogP contribution in [0.1, 0.15) is 38.1 Å². The van der Waals surface area contributed by atoms with Gasteiger partial charge < -0.3 is 9.47 Å². The van der Waals surface area contributed by atoms with Crippen LogP contribution in [0, 0.1) is 16.7 Å². The van der Waals surface area contributed by atoms with Crippen LogP contribution >= 0.6 is 0 Å². The molecule has 1 aromatic rings. The molecule has 0 radical (unpaired) electrons. The molecule has 0 atom stereocenters. The van der Waals surface area contributed by atoms with E-state index in [1.807, 2.05) is 0 Å². The third kappa shape index (κ3) is 1.92. The van der Waals surface area contributed by atoms with Gasteiger partial charge in [-0.05, 0) is 23.0 Å². The van der Waals surface area contributed by atoms with Crippen LogP contribution in [0.4, 0.5) is 0 Å². The van der Waals surface area contributed by atoms with Gasteiger partial charge in [-0.15, -0.1) is 0 Å². The van der Waals surface area contributed by atoms with Gasteiger partial charge in [0, 0.05) is 12.0 Å². The standard InChI is InChI=1S/C16H22O3/c1-15(2)14(16(15,3)4)13(17)11-8-7-10(18-5)9-12(11)19-6/h7-9,14H,1-6H3. The van der Waals surface area contributed by atoms with E-state index in [1.54, 1.807) is 32.4 Å². The Balaban J connectivity index is 2.36. The number of ether oxygens (including phenoxy) is 2. The minimum absolute atomic E-state index is 0.0367. The minimum atomic E-state index is 0.0367. The highest BCUT2D eigenvalue weighted by Crippen LogP contribution is 2.69. The van der Waals surface area contributed by atoms with Crippen molar-refractivity contribution in [3.8, 4) is 11.5 Å². The van der Waals surface area contributed by atoms with Gasteiger partial charge in [-0.2, -0.15) is 0 Å². The van der Waals surface area contributed by atoms with Crippen molar-refractivity contribution >= 4 is 5.78 Å². The predicted molar refractivity (Wildman–Crippen MR) is 74.9 cm³/mol. The lowest BCUT2D eigenvalue weighted by molar-refractivity contribution is 0.0942. The Labute approximate surface area is 114 Å². The first-order chi connectivity index (χ1) is 8.77. The van der Waals surface area contributed by atoms with Crippen molar-refractivity contribution in [2.24, 2.45) is 16.7 Å². The molecule has 1 saturated carbocycles. The van der Waals surface area contributed by atoms with Gasteiger partial charge in [0.05, 0.1) is 19.8 Å². The zero-order chi connectivity index (χ0) is 14.4. The third-order valence-corrected chi connectivity index (χ3v) is 4.96. The van der Waals surface area contributed by atoms with E-state index in [4.69, 9.17) is 9.47 Å². The van der Waals surface area contributed by atoms with Gasteiger partial charge in [0.1, 0.15) is 11.5 Å². The molecular weight excluding hydrogens is 240 g/mol.